The predicted octanol–water partition coefficient (Wildman–Crippen LogP) is 4.02. The molecule has 0 saturated carbocycles. The maximum absolute atomic E-state index is 5.44. The first-order chi connectivity index (χ1) is 7.06. The molecule has 0 radical (unpaired) electrons. The minimum atomic E-state index is 0.564. The molecular formula is C14H22O. The van der Waals surface area contributed by atoms with E-state index in [1.165, 1.54) is 11.1 Å². The van der Waals surface area contributed by atoms with Gasteiger partial charge in [-0.25, -0.2) is 0 Å². The summed E-state index contributed by atoms with van der Waals surface area (Å²) in [6.07, 6.45) is 1.09. The van der Waals surface area contributed by atoms with Gasteiger partial charge in [0.1, 0.15) is 5.75 Å². The lowest BCUT2D eigenvalue weighted by atomic mass is 9.91. The Labute approximate surface area is 93.5 Å². The normalized spacial score (nSPS) is 11.1. The van der Waals surface area contributed by atoms with Crippen molar-refractivity contribution < 1.29 is 4.74 Å². The van der Waals surface area contributed by atoms with Gasteiger partial charge < -0.3 is 4.74 Å². The van der Waals surface area contributed by atoms with Gasteiger partial charge in [0.05, 0.1) is 7.11 Å². The Kier molecular flexibility index (Phi) is 4.19. The first-order valence-corrected chi connectivity index (χ1v) is 5.72. The fourth-order valence-electron chi connectivity index (χ4n) is 1.94. The second kappa shape index (κ2) is 5.20. The maximum atomic E-state index is 5.44. The zero-order valence-corrected chi connectivity index (χ0v) is 10.5. The molecular weight excluding hydrogens is 184 g/mol. The van der Waals surface area contributed by atoms with Gasteiger partial charge in [-0.15, -0.1) is 0 Å². The molecule has 0 saturated heterocycles. The van der Waals surface area contributed by atoms with E-state index in [1.807, 2.05) is 0 Å². The smallest absolute Gasteiger partial charge is 0.122 e. The number of ether oxygens (including phenoxy) is 1. The van der Waals surface area contributed by atoms with Gasteiger partial charge in [0.25, 0.3) is 0 Å². The van der Waals surface area contributed by atoms with E-state index in [1.54, 1.807) is 7.11 Å². The Morgan fingerprint density at radius 1 is 1.13 bits per heavy atom. The van der Waals surface area contributed by atoms with E-state index < -0.39 is 0 Å². The van der Waals surface area contributed by atoms with Crippen LogP contribution in [-0.4, -0.2) is 7.11 Å². The summed E-state index contributed by atoms with van der Waals surface area (Å²) in [7, 11) is 1.75. The van der Waals surface area contributed by atoms with Crippen molar-refractivity contribution >= 4 is 0 Å². The lowest BCUT2D eigenvalue weighted by Gasteiger charge is -2.17. The van der Waals surface area contributed by atoms with Crippen molar-refractivity contribution in [2.45, 2.75) is 40.0 Å². The van der Waals surface area contributed by atoms with E-state index in [2.05, 4.69) is 45.9 Å². The molecule has 1 heteroatoms. The highest BCUT2D eigenvalue weighted by molar-refractivity contribution is 5.42. The average molecular weight is 206 g/mol. The van der Waals surface area contributed by atoms with Gasteiger partial charge in [0, 0.05) is 0 Å². The molecule has 0 aromatic heterocycles. The highest BCUT2D eigenvalue weighted by atomic mass is 16.5. The number of rotatable bonds is 4. The molecule has 0 bridgehead atoms. The van der Waals surface area contributed by atoms with Crippen LogP contribution in [0, 0.1) is 5.92 Å². The SMILES string of the molecule is COc1cccc(C(C)C)c1CC(C)C. The maximum Gasteiger partial charge on any atom is 0.122 e. The van der Waals surface area contributed by atoms with Crippen molar-refractivity contribution in [1.82, 2.24) is 0 Å². The van der Waals surface area contributed by atoms with Crippen molar-refractivity contribution in [2.75, 3.05) is 7.11 Å². The Morgan fingerprint density at radius 3 is 2.27 bits per heavy atom. The van der Waals surface area contributed by atoms with E-state index >= 15 is 0 Å². The molecule has 1 aromatic rings. The quantitative estimate of drug-likeness (QED) is 0.723. The van der Waals surface area contributed by atoms with Crippen LogP contribution in [0.2, 0.25) is 0 Å². The number of methoxy groups -OCH3 is 1. The Hall–Kier alpha value is -0.980. The van der Waals surface area contributed by atoms with Gasteiger partial charge in [0.2, 0.25) is 0 Å². The molecule has 0 spiro atoms. The zero-order chi connectivity index (χ0) is 11.4. The lowest BCUT2D eigenvalue weighted by Crippen LogP contribution is -2.03. The highest BCUT2D eigenvalue weighted by Crippen LogP contribution is 2.29. The van der Waals surface area contributed by atoms with Crippen LogP contribution in [0.4, 0.5) is 0 Å². The molecule has 0 aliphatic carbocycles. The first kappa shape index (κ1) is 12.1. The lowest BCUT2D eigenvalue weighted by molar-refractivity contribution is 0.405. The second-order valence-electron chi connectivity index (χ2n) is 4.78. The summed E-state index contributed by atoms with van der Waals surface area (Å²) in [5, 5.41) is 0. The van der Waals surface area contributed by atoms with E-state index in [-0.39, 0.29) is 0 Å². The molecule has 0 aliphatic heterocycles. The summed E-state index contributed by atoms with van der Waals surface area (Å²) in [4.78, 5) is 0. The number of hydrogen-bond donors (Lipinski definition) is 0. The van der Waals surface area contributed by atoms with Crippen LogP contribution >= 0.6 is 0 Å². The topological polar surface area (TPSA) is 9.23 Å². The third-order valence-corrected chi connectivity index (χ3v) is 2.62. The molecule has 0 N–H and O–H groups in total. The largest absolute Gasteiger partial charge is 0.496 e. The minimum absolute atomic E-state index is 0.564. The highest BCUT2D eigenvalue weighted by Gasteiger charge is 2.12. The van der Waals surface area contributed by atoms with Crippen molar-refractivity contribution in [3.05, 3.63) is 29.3 Å². The monoisotopic (exact) mass is 206 g/mol. The molecule has 0 atom stereocenters. The molecule has 84 valence electrons. The molecule has 0 heterocycles. The van der Waals surface area contributed by atoms with Crippen molar-refractivity contribution in [3.63, 3.8) is 0 Å². The molecule has 0 aliphatic rings. The number of hydrogen-bond acceptors (Lipinski definition) is 1. The van der Waals surface area contributed by atoms with Gasteiger partial charge >= 0.3 is 0 Å². The molecule has 1 nitrogen and oxygen atoms in total. The fourth-order valence-corrected chi connectivity index (χ4v) is 1.94. The summed E-state index contributed by atoms with van der Waals surface area (Å²) in [5.74, 6) is 2.27. The van der Waals surface area contributed by atoms with Crippen LogP contribution in [0.3, 0.4) is 0 Å². The van der Waals surface area contributed by atoms with Crippen LogP contribution < -0.4 is 4.74 Å². The van der Waals surface area contributed by atoms with Crippen molar-refractivity contribution in [2.24, 2.45) is 5.92 Å². The van der Waals surface area contributed by atoms with E-state index in [0.29, 0.717) is 11.8 Å². The molecule has 1 rings (SSSR count). The van der Waals surface area contributed by atoms with Gasteiger partial charge in [-0.05, 0) is 35.4 Å². The van der Waals surface area contributed by atoms with E-state index in [9.17, 15) is 0 Å². The molecule has 0 unspecified atom stereocenters. The third-order valence-electron chi connectivity index (χ3n) is 2.62. The summed E-state index contributed by atoms with van der Waals surface area (Å²) >= 11 is 0. The number of benzene rings is 1. The van der Waals surface area contributed by atoms with Gasteiger partial charge in [-0.2, -0.15) is 0 Å². The molecule has 0 fully saturated rings. The van der Waals surface area contributed by atoms with E-state index in [4.69, 9.17) is 4.74 Å². The van der Waals surface area contributed by atoms with Gasteiger partial charge in [-0.1, -0.05) is 39.8 Å². The molecule has 15 heavy (non-hydrogen) atoms. The van der Waals surface area contributed by atoms with E-state index in [0.717, 1.165) is 12.2 Å². The van der Waals surface area contributed by atoms with Crippen molar-refractivity contribution in [3.8, 4) is 5.75 Å². The van der Waals surface area contributed by atoms with Crippen LogP contribution in [0.25, 0.3) is 0 Å². The second-order valence-corrected chi connectivity index (χ2v) is 4.78. The van der Waals surface area contributed by atoms with Gasteiger partial charge in [-0.3, -0.25) is 0 Å². The summed E-state index contributed by atoms with van der Waals surface area (Å²) < 4.78 is 5.44. The Balaban J connectivity index is 3.14. The fraction of sp³-hybridized carbons (Fsp3) is 0.571. The minimum Gasteiger partial charge on any atom is -0.496 e. The van der Waals surface area contributed by atoms with Crippen LogP contribution in [0.5, 0.6) is 5.75 Å². The summed E-state index contributed by atoms with van der Waals surface area (Å²) in [6.45, 7) is 8.96. The Bertz CT molecular complexity index is 313. The molecule has 1 aromatic carbocycles. The van der Waals surface area contributed by atoms with Gasteiger partial charge in [0.15, 0.2) is 0 Å². The third kappa shape index (κ3) is 2.98. The predicted molar refractivity (Wildman–Crippen MR) is 65.6 cm³/mol. The van der Waals surface area contributed by atoms with Crippen LogP contribution in [0.1, 0.15) is 44.7 Å². The zero-order valence-electron chi connectivity index (χ0n) is 10.5. The first-order valence-electron chi connectivity index (χ1n) is 5.72. The molecule has 0 amide bonds. The summed E-state index contributed by atoms with van der Waals surface area (Å²) in [5.41, 5.74) is 2.80. The standard InChI is InChI=1S/C14H22O/c1-10(2)9-13-12(11(3)4)7-6-8-14(13)15-5/h6-8,10-11H,9H2,1-5H3. The van der Waals surface area contributed by atoms with Crippen molar-refractivity contribution in [1.29, 1.82) is 0 Å². The Morgan fingerprint density at radius 2 is 1.80 bits per heavy atom. The van der Waals surface area contributed by atoms with Crippen LogP contribution in [-0.2, 0) is 6.42 Å². The summed E-state index contributed by atoms with van der Waals surface area (Å²) in [6, 6.07) is 6.35. The van der Waals surface area contributed by atoms with Crippen LogP contribution in [0.15, 0.2) is 18.2 Å². The average Bonchev–Trinajstić information content (AvgIpc) is 2.16.